The van der Waals surface area contributed by atoms with Gasteiger partial charge in [0.15, 0.2) is 5.69 Å². The molecule has 0 spiro atoms. The van der Waals surface area contributed by atoms with Crippen LogP contribution in [0, 0.1) is 5.82 Å². The highest BCUT2D eigenvalue weighted by Crippen LogP contribution is 2.30. The first-order valence-corrected chi connectivity index (χ1v) is 11.8. The lowest BCUT2D eigenvalue weighted by atomic mass is 10.0. The third-order valence-corrected chi connectivity index (χ3v) is 6.02. The molecule has 0 bridgehead atoms. The van der Waals surface area contributed by atoms with Crippen LogP contribution in [0.2, 0.25) is 0 Å². The topological polar surface area (TPSA) is 118 Å². The van der Waals surface area contributed by atoms with Crippen molar-refractivity contribution < 1.29 is 28.2 Å². The summed E-state index contributed by atoms with van der Waals surface area (Å²) >= 11 is 0. The number of imidazole rings is 1. The maximum absolute atomic E-state index is 13.6. The summed E-state index contributed by atoms with van der Waals surface area (Å²) in [4.78, 5) is 30.0. The number of halogens is 1. The number of benzene rings is 2. The molecule has 4 rings (SSSR count). The molecule has 0 saturated carbocycles. The number of carbonyl (C=O) groups is 2. The summed E-state index contributed by atoms with van der Waals surface area (Å²) in [7, 11) is 1.42. The SMILES string of the molecule is CCOC(=O)c1c(-c2ccc(CNC(=O)c3cc(F)ccc3OC)cc2)nc(C2CCCOC2)n1N. The number of rotatable bonds is 8. The predicted octanol–water partition coefficient (Wildman–Crippen LogP) is 3.41. The van der Waals surface area contributed by atoms with Gasteiger partial charge in [0.1, 0.15) is 23.1 Å². The van der Waals surface area contributed by atoms with E-state index >= 15 is 0 Å². The second kappa shape index (κ2) is 11.2. The first-order valence-electron chi connectivity index (χ1n) is 11.8. The van der Waals surface area contributed by atoms with E-state index in [4.69, 9.17) is 25.0 Å². The Bertz CT molecular complexity index is 1240. The van der Waals surface area contributed by atoms with Crippen LogP contribution < -0.4 is 15.9 Å². The number of amides is 1. The fraction of sp³-hybridized carbons (Fsp3) is 0.346. The van der Waals surface area contributed by atoms with Crippen molar-refractivity contribution in [3.8, 4) is 17.0 Å². The molecule has 1 aliphatic rings. The van der Waals surface area contributed by atoms with E-state index in [1.165, 1.54) is 23.9 Å². The zero-order valence-corrected chi connectivity index (χ0v) is 20.3. The van der Waals surface area contributed by atoms with Crippen LogP contribution in [0.15, 0.2) is 42.5 Å². The Kier molecular flexibility index (Phi) is 7.84. The van der Waals surface area contributed by atoms with Crippen molar-refractivity contribution in [1.29, 1.82) is 0 Å². The number of nitrogen functional groups attached to an aromatic ring is 1. The molecule has 3 aromatic rings. The Morgan fingerprint density at radius 3 is 2.69 bits per heavy atom. The van der Waals surface area contributed by atoms with Crippen LogP contribution in [0.3, 0.4) is 0 Å². The van der Waals surface area contributed by atoms with Gasteiger partial charge >= 0.3 is 5.97 Å². The van der Waals surface area contributed by atoms with Gasteiger partial charge in [-0.2, -0.15) is 0 Å². The van der Waals surface area contributed by atoms with Gasteiger partial charge in [-0.05, 0) is 43.5 Å². The minimum atomic E-state index is -0.550. The molecular formula is C26H29FN4O5. The van der Waals surface area contributed by atoms with Gasteiger partial charge in [0.2, 0.25) is 0 Å². The molecule has 0 aliphatic carbocycles. The largest absolute Gasteiger partial charge is 0.496 e. The van der Waals surface area contributed by atoms with Crippen molar-refractivity contribution in [2.75, 3.05) is 32.8 Å². The first-order chi connectivity index (χ1) is 17.4. The second-order valence-corrected chi connectivity index (χ2v) is 8.40. The molecule has 1 fully saturated rings. The van der Waals surface area contributed by atoms with Crippen molar-refractivity contribution in [3.63, 3.8) is 0 Å². The molecule has 10 heteroatoms. The molecule has 0 radical (unpaired) electrons. The summed E-state index contributed by atoms with van der Waals surface area (Å²) in [5, 5.41) is 2.77. The summed E-state index contributed by atoms with van der Waals surface area (Å²) in [6.45, 7) is 3.33. The molecule has 36 heavy (non-hydrogen) atoms. The lowest BCUT2D eigenvalue weighted by molar-refractivity contribution is 0.0514. The summed E-state index contributed by atoms with van der Waals surface area (Å²) in [5.74, 6) is 5.63. The zero-order chi connectivity index (χ0) is 25.7. The number of esters is 1. The van der Waals surface area contributed by atoms with E-state index in [1.54, 1.807) is 19.1 Å². The van der Waals surface area contributed by atoms with Crippen LogP contribution >= 0.6 is 0 Å². The standard InChI is InChI=1S/C26H29FN4O5/c1-3-36-26(33)23-22(30-24(31(23)28)18-5-4-12-35-15-18)17-8-6-16(7-9-17)14-29-25(32)20-13-19(27)10-11-21(20)34-2/h6-11,13,18H,3-5,12,14-15,28H2,1-2H3,(H,29,32). The highest BCUT2D eigenvalue weighted by molar-refractivity contribution is 5.97. The number of ether oxygens (including phenoxy) is 3. The molecule has 1 aliphatic heterocycles. The maximum Gasteiger partial charge on any atom is 0.359 e. The summed E-state index contributed by atoms with van der Waals surface area (Å²) in [5.41, 5.74) is 2.20. The Morgan fingerprint density at radius 2 is 2.03 bits per heavy atom. The number of hydrogen-bond donors (Lipinski definition) is 2. The maximum atomic E-state index is 13.6. The van der Waals surface area contributed by atoms with Crippen molar-refractivity contribution in [2.45, 2.75) is 32.2 Å². The first kappa shape index (κ1) is 25.2. The molecule has 190 valence electrons. The molecule has 1 unspecified atom stereocenters. The average Bonchev–Trinajstić information content (AvgIpc) is 3.25. The number of carbonyl (C=O) groups excluding carboxylic acids is 2. The molecule has 2 aromatic carbocycles. The van der Waals surface area contributed by atoms with E-state index in [1.807, 2.05) is 12.1 Å². The quantitative estimate of drug-likeness (QED) is 0.362. The van der Waals surface area contributed by atoms with Crippen LogP contribution in [0.5, 0.6) is 5.75 Å². The minimum Gasteiger partial charge on any atom is -0.496 e. The summed E-state index contributed by atoms with van der Waals surface area (Å²) in [6.07, 6.45) is 1.76. The third kappa shape index (κ3) is 5.33. The van der Waals surface area contributed by atoms with Gasteiger partial charge in [-0.15, -0.1) is 0 Å². The smallest absolute Gasteiger partial charge is 0.359 e. The van der Waals surface area contributed by atoms with Crippen molar-refractivity contribution in [3.05, 3.63) is 70.9 Å². The van der Waals surface area contributed by atoms with E-state index in [0.29, 0.717) is 30.3 Å². The molecule has 1 atom stereocenters. The third-order valence-electron chi connectivity index (χ3n) is 6.02. The van der Waals surface area contributed by atoms with Crippen LogP contribution in [0.1, 0.15) is 57.9 Å². The number of nitrogens with one attached hydrogen (secondary N) is 1. The number of methoxy groups -OCH3 is 1. The second-order valence-electron chi connectivity index (χ2n) is 8.40. The molecule has 1 aromatic heterocycles. The molecule has 9 nitrogen and oxygen atoms in total. The van der Waals surface area contributed by atoms with E-state index in [-0.39, 0.29) is 36.1 Å². The Labute approximate surface area is 208 Å². The number of nitrogens with zero attached hydrogens (tertiary/aromatic N) is 2. The number of hydrogen-bond acceptors (Lipinski definition) is 7. The monoisotopic (exact) mass is 496 g/mol. The van der Waals surface area contributed by atoms with Gasteiger partial charge in [0.05, 0.1) is 25.9 Å². The molecular weight excluding hydrogens is 467 g/mol. The van der Waals surface area contributed by atoms with Crippen LogP contribution in [-0.4, -0.2) is 48.5 Å². The van der Waals surface area contributed by atoms with Gasteiger partial charge in [0.25, 0.3) is 5.91 Å². The van der Waals surface area contributed by atoms with E-state index < -0.39 is 17.7 Å². The molecule has 3 N–H and O–H groups in total. The molecule has 1 amide bonds. The predicted molar refractivity (Wildman–Crippen MR) is 131 cm³/mol. The summed E-state index contributed by atoms with van der Waals surface area (Å²) in [6, 6.07) is 11.0. The van der Waals surface area contributed by atoms with Gasteiger partial charge in [0, 0.05) is 24.6 Å². The van der Waals surface area contributed by atoms with Crippen LogP contribution in [0.4, 0.5) is 4.39 Å². The fourth-order valence-electron chi connectivity index (χ4n) is 4.19. The van der Waals surface area contributed by atoms with E-state index in [0.717, 1.165) is 24.5 Å². The Morgan fingerprint density at radius 1 is 1.25 bits per heavy atom. The van der Waals surface area contributed by atoms with Gasteiger partial charge in [-0.25, -0.2) is 18.8 Å². The van der Waals surface area contributed by atoms with E-state index in [2.05, 4.69) is 5.32 Å². The Hall–Kier alpha value is -3.92. The average molecular weight is 497 g/mol. The zero-order valence-electron chi connectivity index (χ0n) is 20.3. The number of nitrogens with two attached hydrogens (primary N) is 1. The van der Waals surface area contributed by atoms with Crippen molar-refractivity contribution in [2.24, 2.45) is 0 Å². The highest BCUT2D eigenvalue weighted by Gasteiger charge is 2.29. The van der Waals surface area contributed by atoms with Crippen molar-refractivity contribution >= 4 is 11.9 Å². The molecule has 2 heterocycles. The lowest BCUT2D eigenvalue weighted by Gasteiger charge is -2.21. The van der Waals surface area contributed by atoms with E-state index in [9.17, 15) is 14.0 Å². The normalized spacial score (nSPS) is 15.4. The fourth-order valence-corrected chi connectivity index (χ4v) is 4.19. The Balaban J connectivity index is 1.55. The van der Waals surface area contributed by atoms with Crippen molar-refractivity contribution in [1.82, 2.24) is 15.0 Å². The van der Waals surface area contributed by atoms with Crippen LogP contribution in [-0.2, 0) is 16.0 Å². The van der Waals surface area contributed by atoms with Gasteiger partial charge in [-0.3, -0.25) is 4.79 Å². The van der Waals surface area contributed by atoms with Gasteiger partial charge in [-0.1, -0.05) is 24.3 Å². The lowest BCUT2D eigenvalue weighted by Crippen LogP contribution is -2.25. The summed E-state index contributed by atoms with van der Waals surface area (Å²) < 4.78 is 30.9. The minimum absolute atomic E-state index is 0.0139. The molecule has 1 saturated heterocycles. The highest BCUT2D eigenvalue weighted by atomic mass is 19.1. The number of aromatic nitrogens is 2. The van der Waals surface area contributed by atoms with Gasteiger partial charge < -0.3 is 25.4 Å². The van der Waals surface area contributed by atoms with Crippen LogP contribution in [0.25, 0.3) is 11.3 Å².